The van der Waals surface area contributed by atoms with Gasteiger partial charge in [-0.1, -0.05) is 6.92 Å². The zero-order chi connectivity index (χ0) is 12.9. The lowest BCUT2D eigenvalue weighted by Crippen LogP contribution is -2.59. The van der Waals surface area contributed by atoms with Gasteiger partial charge in [-0.15, -0.1) is 0 Å². The number of hydrogen-bond acceptors (Lipinski definition) is 7. The third-order valence-electron chi connectivity index (χ3n) is 2.24. The van der Waals surface area contributed by atoms with Crippen LogP contribution in [0.3, 0.4) is 0 Å². The maximum atomic E-state index is 9.25. The summed E-state index contributed by atoms with van der Waals surface area (Å²) >= 11 is 0. The zero-order valence-corrected chi connectivity index (χ0v) is 9.96. The first-order valence-corrected chi connectivity index (χ1v) is 5.16. The van der Waals surface area contributed by atoms with Gasteiger partial charge in [-0.05, 0) is 20.3 Å². The fourth-order valence-corrected chi connectivity index (χ4v) is 1.08. The van der Waals surface area contributed by atoms with E-state index in [2.05, 4.69) is 0 Å². The van der Waals surface area contributed by atoms with E-state index in [9.17, 15) is 5.02 Å². The van der Waals surface area contributed by atoms with Crippen LogP contribution in [0.4, 0.5) is 0 Å². The Morgan fingerprint density at radius 2 is 1.75 bits per heavy atom. The van der Waals surface area contributed by atoms with Gasteiger partial charge < -0.3 is 36.3 Å². The van der Waals surface area contributed by atoms with Crippen molar-refractivity contribution in [1.82, 2.24) is 0 Å². The first-order chi connectivity index (χ1) is 7.20. The molecule has 10 heteroatoms. The normalized spacial score (nSPS) is 13.5. The largest absolute Gasteiger partial charge is 0.548 e. The summed E-state index contributed by atoms with van der Waals surface area (Å²) in [6.45, 7) is 5.01. The van der Waals surface area contributed by atoms with Crippen molar-refractivity contribution in [2.75, 3.05) is 0 Å². The molecule has 0 heterocycles. The van der Waals surface area contributed by atoms with Crippen LogP contribution in [0.15, 0.2) is 0 Å². The van der Waals surface area contributed by atoms with Crippen molar-refractivity contribution in [3.05, 3.63) is 0 Å². The van der Waals surface area contributed by atoms with E-state index in [4.69, 9.17) is 31.3 Å². The molecule has 0 aliphatic heterocycles. The predicted molar refractivity (Wildman–Crippen MR) is 64.6 cm³/mol. The van der Waals surface area contributed by atoms with Crippen LogP contribution in [-0.4, -0.2) is 42.9 Å². The first-order valence-electron chi connectivity index (χ1n) is 5.16. The predicted octanol–water partition coefficient (Wildman–Crippen LogP) is -2.52. The molecular formula is C6H20B3N3O4. The smallest absolute Gasteiger partial charge is 0.436 e. The van der Waals surface area contributed by atoms with Gasteiger partial charge in [0.05, 0.1) is 11.5 Å². The molecule has 1 atom stereocenters. The van der Waals surface area contributed by atoms with Crippen LogP contribution < -0.4 is 16.9 Å². The van der Waals surface area contributed by atoms with Crippen LogP contribution in [0.5, 0.6) is 0 Å². The van der Waals surface area contributed by atoms with Crippen LogP contribution in [0.1, 0.15) is 27.2 Å². The van der Waals surface area contributed by atoms with Gasteiger partial charge in [-0.3, -0.25) is 0 Å². The van der Waals surface area contributed by atoms with Gasteiger partial charge in [-0.2, -0.15) is 0 Å². The molecule has 0 aliphatic rings. The summed E-state index contributed by atoms with van der Waals surface area (Å²) in [4.78, 5) is 0. The molecule has 0 spiro atoms. The summed E-state index contributed by atoms with van der Waals surface area (Å²) in [5, 5.41) is 18.1. The van der Waals surface area contributed by atoms with Crippen molar-refractivity contribution in [2.24, 2.45) is 16.9 Å². The first kappa shape index (κ1) is 15.9. The van der Waals surface area contributed by atoms with E-state index in [0.29, 0.717) is 6.42 Å². The van der Waals surface area contributed by atoms with Gasteiger partial charge in [0, 0.05) is 0 Å². The van der Waals surface area contributed by atoms with Gasteiger partial charge in [0.2, 0.25) is 0 Å². The maximum absolute atomic E-state index is 9.25. The molecule has 7 nitrogen and oxygen atoms in total. The molecule has 0 aromatic heterocycles. The van der Waals surface area contributed by atoms with Crippen molar-refractivity contribution < 1.29 is 19.4 Å². The lowest BCUT2D eigenvalue weighted by molar-refractivity contribution is 0.132. The second-order valence-electron chi connectivity index (χ2n) is 4.10. The monoisotopic (exact) mass is 231 g/mol. The third-order valence-corrected chi connectivity index (χ3v) is 2.24. The van der Waals surface area contributed by atoms with Gasteiger partial charge in [-0.25, -0.2) is 0 Å². The third kappa shape index (κ3) is 5.31. The number of rotatable bonds is 7. The minimum atomic E-state index is -1.41. The Labute approximate surface area is 97.1 Å². The highest BCUT2D eigenvalue weighted by Gasteiger charge is 2.37. The highest BCUT2D eigenvalue weighted by atomic mass is 16.6. The molecule has 92 valence electrons. The maximum Gasteiger partial charge on any atom is 0.548 e. The van der Waals surface area contributed by atoms with Crippen molar-refractivity contribution >= 4 is 21.4 Å². The van der Waals surface area contributed by atoms with E-state index in [-0.39, 0.29) is 0 Å². The van der Waals surface area contributed by atoms with Crippen molar-refractivity contribution in [1.29, 1.82) is 0 Å². The van der Waals surface area contributed by atoms with Crippen molar-refractivity contribution in [2.45, 2.75) is 38.7 Å². The average molecular weight is 231 g/mol. The molecule has 0 aromatic carbocycles. The van der Waals surface area contributed by atoms with Gasteiger partial charge >= 0.3 is 21.4 Å². The molecule has 0 amide bonds. The minimum Gasteiger partial charge on any atom is -0.436 e. The number of hydrogen-bond donors (Lipinski definition) is 5. The summed E-state index contributed by atoms with van der Waals surface area (Å²) in [6.07, 6.45) is 0.506. The lowest BCUT2D eigenvalue weighted by Gasteiger charge is -2.31. The quantitative estimate of drug-likeness (QED) is 0.304. The van der Waals surface area contributed by atoms with Crippen molar-refractivity contribution in [3.8, 4) is 0 Å². The molecule has 0 radical (unpaired) electrons. The number of nitrogens with two attached hydrogens (primary N) is 3. The van der Waals surface area contributed by atoms with E-state index in [1.54, 1.807) is 13.8 Å². The van der Waals surface area contributed by atoms with Crippen LogP contribution >= 0.6 is 0 Å². The molecule has 16 heavy (non-hydrogen) atoms. The zero-order valence-electron chi connectivity index (χ0n) is 9.96. The molecule has 8 N–H and O–H groups in total. The SMILES string of the molecule is CCC(OB(N)O)B(N)OC(C)(C)B(N)O. The van der Waals surface area contributed by atoms with Crippen LogP contribution in [-0.2, 0) is 9.31 Å². The topological polar surface area (TPSA) is 137 Å². The van der Waals surface area contributed by atoms with Crippen LogP contribution in [0, 0.1) is 0 Å². The second kappa shape index (κ2) is 6.60. The molecule has 1 unspecified atom stereocenters. The Balaban J connectivity index is 4.36. The Morgan fingerprint density at radius 3 is 2.06 bits per heavy atom. The Morgan fingerprint density at radius 1 is 1.25 bits per heavy atom. The van der Waals surface area contributed by atoms with Gasteiger partial charge in [0.25, 0.3) is 0 Å². The molecule has 0 saturated carbocycles. The van der Waals surface area contributed by atoms with E-state index >= 15 is 0 Å². The molecule has 0 bridgehead atoms. The van der Waals surface area contributed by atoms with E-state index < -0.39 is 32.9 Å². The minimum absolute atomic E-state index is 0.506. The molecule has 0 rings (SSSR count). The highest BCUT2D eigenvalue weighted by Crippen LogP contribution is 2.12. The molecular weight excluding hydrogens is 211 g/mol. The second-order valence-corrected chi connectivity index (χ2v) is 4.10. The summed E-state index contributed by atoms with van der Waals surface area (Å²) in [5.74, 6) is 0. The standard InChI is InChI=1S/C6H20B3N3O4/c1-4-5(15-9(12)14)7(10)16-6(2,3)8(11)13/h5,13-14H,4,10-12H2,1-3H3. The van der Waals surface area contributed by atoms with Gasteiger partial charge in [0.15, 0.2) is 0 Å². The molecule has 0 saturated heterocycles. The van der Waals surface area contributed by atoms with Gasteiger partial charge in [0.1, 0.15) is 0 Å². The molecule has 0 aromatic rings. The average Bonchev–Trinajstić information content (AvgIpc) is 2.12. The summed E-state index contributed by atoms with van der Waals surface area (Å²) in [7, 11) is -3.42. The highest BCUT2D eigenvalue weighted by molar-refractivity contribution is 6.55. The molecule has 0 aliphatic carbocycles. The Kier molecular flexibility index (Phi) is 6.57. The van der Waals surface area contributed by atoms with E-state index in [0.717, 1.165) is 0 Å². The summed E-state index contributed by atoms with van der Waals surface area (Å²) < 4.78 is 10.3. The fraction of sp³-hybridized carbons (Fsp3) is 1.00. The van der Waals surface area contributed by atoms with Crippen LogP contribution in [0.25, 0.3) is 0 Å². The Bertz CT molecular complexity index is 207. The van der Waals surface area contributed by atoms with E-state index in [1.807, 2.05) is 6.92 Å². The summed E-state index contributed by atoms with van der Waals surface area (Å²) in [6, 6.07) is -0.571. The van der Waals surface area contributed by atoms with Crippen molar-refractivity contribution in [3.63, 3.8) is 0 Å². The fourth-order valence-electron chi connectivity index (χ4n) is 1.08. The van der Waals surface area contributed by atoms with E-state index in [1.165, 1.54) is 0 Å². The van der Waals surface area contributed by atoms with Crippen LogP contribution in [0.2, 0.25) is 0 Å². The summed E-state index contributed by atoms with van der Waals surface area (Å²) in [5.41, 5.74) is 15.1. The molecule has 0 fully saturated rings. The Hall–Kier alpha value is -0.0852. The lowest BCUT2D eigenvalue weighted by atomic mass is 9.63.